The van der Waals surface area contributed by atoms with Gasteiger partial charge in [0.1, 0.15) is 0 Å². The molecule has 2 aromatic carbocycles. The van der Waals surface area contributed by atoms with Crippen molar-refractivity contribution in [3.63, 3.8) is 0 Å². The van der Waals surface area contributed by atoms with E-state index in [0.717, 1.165) is 0 Å². The first-order chi connectivity index (χ1) is 11.5. The van der Waals surface area contributed by atoms with Gasteiger partial charge in [-0.2, -0.15) is 13.2 Å². The average molecular weight is 330 g/mol. The number of anilines is 1. The zero-order chi connectivity index (χ0) is 17.2. The molecule has 4 nitrogen and oxygen atoms in total. The van der Waals surface area contributed by atoms with Gasteiger partial charge >= 0.3 is 6.18 Å². The van der Waals surface area contributed by atoms with Crippen molar-refractivity contribution in [2.75, 3.05) is 5.43 Å². The van der Waals surface area contributed by atoms with Crippen LogP contribution in [0, 0.1) is 0 Å². The third-order valence-corrected chi connectivity index (χ3v) is 3.41. The maximum absolute atomic E-state index is 13.1. The van der Waals surface area contributed by atoms with Crippen molar-refractivity contribution in [3.05, 3.63) is 66.5 Å². The van der Waals surface area contributed by atoms with Gasteiger partial charge in [-0.25, -0.2) is 15.8 Å². The highest BCUT2D eigenvalue weighted by molar-refractivity contribution is 5.88. The van der Waals surface area contributed by atoms with Crippen LogP contribution >= 0.6 is 0 Å². The first-order valence-electron chi connectivity index (χ1n) is 7.07. The lowest BCUT2D eigenvalue weighted by Crippen LogP contribution is -2.17. The minimum absolute atomic E-state index is 0.0811. The monoisotopic (exact) mass is 330 g/mol. The highest BCUT2D eigenvalue weighted by Gasteiger charge is 2.36. The maximum atomic E-state index is 13.1. The molecule has 7 heteroatoms. The Hall–Kier alpha value is -2.93. The molecule has 0 aliphatic heterocycles. The minimum atomic E-state index is -4.68. The summed E-state index contributed by atoms with van der Waals surface area (Å²) in [7, 11) is 0. The van der Waals surface area contributed by atoms with Gasteiger partial charge in [0.25, 0.3) is 0 Å². The number of halogens is 3. The van der Waals surface area contributed by atoms with Crippen LogP contribution in [0.2, 0.25) is 0 Å². The Labute approximate surface area is 136 Å². The van der Waals surface area contributed by atoms with Crippen molar-refractivity contribution in [2.45, 2.75) is 6.18 Å². The first kappa shape index (κ1) is 15.9. The third kappa shape index (κ3) is 3.07. The molecule has 0 aliphatic carbocycles. The van der Waals surface area contributed by atoms with Crippen molar-refractivity contribution in [2.24, 2.45) is 5.84 Å². The van der Waals surface area contributed by atoms with E-state index < -0.39 is 12.0 Å². The largest absolute Gasteiger partial charge is 0.451 e. The second kappa shape index (κ2) is 6.29. The van der Waals surface area contributed by atoms with Gasteiger partial charge in [0.2, 0.25) is 5.82 Å². The fourth-order valence-electron chi connectivity index (χ4n) is 2.38. The molecule has 1 aromatic heterocycles. The normalized spacial score (nSPS) is 11.3. The molecule has 0 saturated carbocycles. The maximum Gasteiger partial charge on any atom is 0.451 e. The second-order valence-corrected chi connectivity index (χ2v) is 4.99. The molecule has 1 heterocycles. The molecule has 0 saturated heterocycles. The van der Waals surface area contributed by atoms with E-state index in [1.54, 1.807) is 54.6 Å². The highest BCUT2D eigenvalue weighted by atomic mass is 19.4. The molecule has 0 fully saturated rings. The Morgan fingerprint density at radius 1 is 0.792 bits per heavy atom. The molecule has 0 amide bonds. The number of benzene rings is 2. The number of hydrogen-bond donors (Lipinski definition) is 2. The Bertz CT molecular complexity index is 834. The second-order valence-electron chi connectivity index (χ2n) is 4.99. The summed E-state index contributed by atoms with van der Waals surface area (Å²) >= 11 is 0. The predicted molar refractivity (Wildman–Crippen MR) is 85.7 cm³/mol. The third-order valence-electron chi connectivity index (χ3n) is 3.41. The van der Waals surface area contributed by atoms with Crippen LogP contribution in [-0.2, 0) is 6.18 Å². The standard InChI is InChI=1S/C17H13F3N4/c18-17(19,20)16-22-14(12-9-5-2-6-10-12)13(15(23-16)24-21)11-7-3-1-4-8-11/h1-10H,21H2,(H,22,23,24). The fourth-order valence-corrected chi connectivity index (χ4v) is 2.38. The van der Waals surface area contributed by atoms with Gasteiger partial charge in [0.05, 0.1) is 11.3 Å². The molecule has 24 heavy (non-hydrogen) atoms. The summed E-state index contributed by atoms with van der Waals surface area (Å²) < 4.78 is 39.4. The summed E-state index contributed by atoms with van der Waals surface area (Å²) in [5, 5.41) is 0. The van der Waals surface area contributed by atoms with Crippen LogP contribution in [0.15, 0.2) is 60.7 Å². The van der Waals surface area contributed by atoms with E-state index in [2.05, 4.69) is 15.4 Å². The SMILES string of the molecule is NNc1nc(C(F)(F)F)nc(-c2ccccc2)c1-c1ccccc1. The Balaban J connectivity index is 2.34. The van der Waals surface area contributed by atoms with Crippen LogP contribution in [0.1, 0.15) is 5.82 Å². The quantitative estimate of drug-likeness (QED) is 0.560. The van der Waals surface area contributed by atoms with E-state index >= 15 is 0 Å². The van der Waals surface area contributed by atoms with Gasteiger partial charge in [0, 0.05) is 5.56 Å². The van der Waals surface area contributed by atoms with Crippen molar-refractivity contribution in [3.8, 4) is 22.4 Å². The van der Waals surface area contributed by atoms with E-state index in [4.69, 9.17) is 5.84 Å². The van der Waals surface area contributed by atoms with E-state index in [-0.39, 0.29) is 11.5 Å². The van der Waals surface area contributed by atoms with Crippen molar-refractivity contribution in [1.29, 1.82) is 0 Å². The van der Waals surface area contributed by atoms with Crippen LogP contribution in [0.5, 0.6) is 0 Å². The number of hydrogen-bond acceptors (Lipinski definition) is 4. The Morgan fingerprint density at radius 2 is 1.33 bits per heavy atom. The smallest absolute Gasteiger partial charge is 0.308 e. The van der Waals surface area contributed by atoms with Gasteiger partial charge in [-0.15, -0.1) is 0 Å². The zero-order valence-corrected chi connectivity index (χ0v) is 12.4. The summed E-state index contributed by atoms with van der Waals surface area (Å²) in [6, 6.07) is 17.5. The van der Waals surface area contributed by atoms with Crippen LogP contribution in [0.4, 0.5) is 19.0 Å². The number of nitrogens with two attached hydrogens (primary N) is 1. The van der Waals surface area contributed by atoms with Gasteiger partial charge in [-0.05, 0) is 5.56 Å². The lowest BCUT2D eigenvalue weighted by molar-refractivity contribution is -0.144. The van der Waals surface area contributed by atoms with Crippen molar-refractivity contribution >= 4 is 5.82 Å². The van der Waals surface area contributed by atoms with Crippen molar-refractivity contribution in [1.82, 2.24) is 9.97 Å². The van der Waals surface area contributed by atoms with Gasteiger partial charge < -0.3 is 5.43 Å². The summed E-state index contributed by atoms with van der Waals surface area (Å²) in [4.78, 5) is 7.32. The summed E-state index contributed by atoms with van der Waals surface area (Å²) in [5.41, 5.74) is 4.05. The summed E-state index contributed by atoms with van der Waals surface area (Å²) in [6.45, 7) is 0. The molecule has 122 valence electrons. The summed E-state index contributed by atoms with van der Waals surface area (Å²) in [6.07, 6.45) is -4.68. The molecule has 3 rings (SSSR count). The molecule has 0 atom stereocenters. The van der Waals surface area contributed by atoms with Crippen LogP contribution in [0.25, 0.3) is 22.4 Å². The zero-order valence-electron chi connectivity index (χ0n) is 12.4. The lowest BCUT2D eigenvalue weighted by Gasteiger charge is -2.16. The van der Waals surface area contributed by atoms with E-state index in [0.29, 0.717) is 16.7 Å². The van der Waals surface area contributed by atoms with Gasteiger partial charge in [-0.1, -0.05) is 60.7 Å². The topological polar surface area (TPSA) is 63.8 Å². The van der Waals surface area contributed by atoms with E-state index in [9.17, 15) is 13.2 Å². The molecule has 0 bridgehead atoms. The van der Waals surface area contributed by atoms with Crippen LogP contribution in [-0.4, -0.2) is 9.97 Å². The Morgan fingerprint density at radius 3 is 1.83 bits per heavy atom. The molecule has 0 spiro atoms. The Kier molecular flexibility index (Phi) is 4.18. The highest BCUT2D eigenvalue weighted by Crippen LogP contribution is 2.38. The van der Waals surface area contributed by atoms with Crippen molar-refractivity contribution < 1.29 is 13.2 Å². The molecular weight excluding hydrogens is 317 g/mol. The molecule has 0 radical (unpaired) electrons. The average Bonchev–Trinajstić information content (AvgIpc) is 2.61. The molecule has 0 aliphatic rings. The molecule has 0 unspecified atom stereocenters. The first-order valence-corrected chi connectivity index (χ1v) is 7.07. The number of nitrogen functional groups attached to an aromatic ring is 1. The predicted octanol–water partition coefficient (Wildman–Crippen LogP) is 4.12. The number of hydrazine groups is 1. The van der Waals surface area contributed by atoms with E-state index in [1.165, 1.54) is 0 Å². The molecular formula is C17H13F3N4. The number of aromatic nitrogens is 2. The lowest BCUT2D eigenvalue weighted by atomic mass is 9.99. The number of rotatable bonds is 3. The summed E-state index contributed by atoms with van der Waals surface area (Å²) in [5.74, 6) is 4.12. The van der Waals surface area contributed by atoms with Crippen LogP contribution < -0.4 is 11.3 Å². The van der Waals surface area contributed by atoms with E-state index in [1.807, 2.05) is 6.07 Å². The number of alkyl halides is 3. The van der Waals surface area contributed by atoms with Gasteiger partial charge in [-0.3, -0.25) is 0 Å². The number of nitrogens with zero attached hydrogens (tertiary/aromatic N) is 2. The van der Waals surface area contributed by atoms with Gasteiger partial charge in [0.15, 0.2) is 5.82 Å². The molecule has 3 N–H and O–H groups in total. The minimum Gasteiger partial charge on any atom is -0.308 e. The fraction of sp³-hybridized carbons (Fsp3) is 0.0588. The number of nitrogens with one attached hydrogen (secondary N) is 1. The van der Waals surface area contributed by atoms with Crippen LogP contribution in [0.3, 0.4) is 0 Å². The molecule has 3 aromatic rings.